The molecule has 0 heterocycles. The Kier molecular flexibility index (Phi) is 6.57. The van der Waals surface area contributed by atoms with Gasteiger partial charge in [-0.25, -0.2) is 0 Å². The van der Waals surface area contributed by atoms with Crippen LogP contribution >= 0.6 is 0 Å². The van der Waals surface area contributed by atoms with Gasteiger partial charge in [0.1, 0.15) is 5.75 Å². The molecule has 2 aromatic carbocycles. The number of ketones is 1. The van der Waals surface area contributed by atoms with Crippen LogP contribution in [-0.2, 0) is 11.2 Å². The zero-order valence-corrected chi connectivity index (χ0v) is 14.9. The van der Waals surface area contributed by atoms with Crippen molar-refractivity contribution in [3.8, 4) is 5.75 Å². The molecule has 1 amide bonds. The number of ether oxygens (including phenoxy) is 1. The molecule has 5 nitrogen and oxygen atoms in total. The van der Waals surface area contributed by atoms with Gasteiger partial charge in [-0.2, -0.15) is 0 Å². The molecule has 0 unspecified atom stereocenters. The number of nitrogens with zero attached hydrogens (tertiary/aromatic N) is 1. The quantitative estimate of drug-likeness (QED) is 0.751. The minimum absolute atomic E-state index is 0.0335. The lowest BCUT2D eigenvalue weighted by Crippen LogP contribution is -2.33. The molecule has 0 spiro atoms. The Hall–Kier alpha value is -2.82. The predicted molar refractivity (Wildman–Crippen MR) is 99.4 cm³/mol. The van der Waals surface area contributed by atoms with Crippen molar-refractivity contribution < 1.29 is 14.3 Å². The van der Waals surface area contributed by atoms with Crippen LogP contribution in [0.3, 0.4) is 0 Å². The number of carbonyl (C=O) groups excluding carboxylic acids is 2. The van der Waals surface area contributed by atoms with E-state index in [1.165, 1.54) is 6.92 Å². The van der Waals surface area contributed by atoms with E-state index in [1.54, 1.807) is 25.3 Å². The third-order valence-corrected chi connectivity index (χ3v) is 4.00. The topological polar surface area (TPSA) is 58.6 Å². The summed E-state index contributed by atoms with van der Waals surface area (Å²) in [6, 6.07) is 15.1. The van der Waals surface area contributed by atoms with Crippen molar-refractivity contribution in [3.63, 3.8) is 0 Å². The number of rotatable bonds is 8. The Morgan fingerprint density at radius 3 is 2.48 bits per heavy atom. The largest absolute Gasteiger partial charge is 0.496 e. The van der Waals surface area contributed by atoms with Gasteiger partial charge >= 0.3 is 0 Å². The molecule has 0 radical (unpaired) electrons. The number of amides is 1. The van der Waals surface area contributed by atoms with Crippen LogP contribution in [0.2, 0.25) is 0 Å². The Morgan fingerprint density at radius 2 is 1.84 bits per heavy atom. The summed E-state index contributed by atoms with van der Waals surface area (Å²) in [5.74, 6) is 0.482. The fourth-order valence-electron chi connectivity index (χ4n) is 2.55. The van der Waals surface area contributed by atoms with Crippen molar-refractivity contribution in [3.05, 3.63) is 59.7 Å². The van der Waals surface area contributed by atoms with Crippen molar-refractivity contribution in [1.82, 2.24) is 5.32 Å². The summed E-state index contributed by atoms with van der Waals surface area (Å²) in [4.78, 5) is 25.8. The lowest BCUT2D eigenvalue weighted by Gasteiger charge is -2.19. The van der Waals surface area contributed by atoms with Gasteiger partial charge in [-0.15, -0.1) is 0 Å². The number of hydrogen-bond acceptors (Lipinski definition) is 4. The molecule has 0 aliphatic rings. The normalized spacial score (nSPS) is 10.2. The van der Waals surface area contributed by atoms with Crippen molar-refractivity contribution in [2.75, 3.05) is 32.1 Å². The van der Waals surface area contributed by atoms with Gasteiger partial charge < -0.3 is 15.0 Å². The standard InChI is InChI=1S/C20H24N2O3/c1-15(23)16-9-10-19(25-3)17(13-16)14-20(24)21-11-12-22(2)18-7-5-4-6-8-18/h4-10,13H,11-12,14H2,1-3H3,(H,21,24). The van der Waals surface area contributed by atoms with Crippen LogP contribution < -0.4 is 15.0 Å². The molecule has 25 heavy (non-hydrogen) atoms. The van der Waals surface area contributed by atoms with Gasteiger partial charge in [-0.05, 0) is 37.3 Å². The zero-order chi connectivity index (χ0) is 18.2. The van der Waals surface area contributed by atoms with Gasteiger partial charge in [0.15, 0.2) is 5.78 Å². The van der Waals surface area contributed by atoms with Crippen molar-refractivity contribution in [1.29, 1.82) is 0 Å². The van der Waals surface area contributed by atoms with Gasteiger partial charge in [0.25, 0.3) is 0 Å². The van der Waals surface area contributed by atoms with Crippen molar-refractivity contribution in [2.24, 2.45) is 0 Å². The first-order chi connectivity index (χ1) is 12.0. The molecule has 2 aromatic rings. The third-order valence-electron chi connectivity index (χ3n) is 4.00. The fraction of sp³-hybridized carbons (Fsp3) is 0.300. The van der Waals surface area contributed by atoms with Crippen LogP contribution in [-0.4, -0.2) is 38.9 Å². The average molecular weight is 340 g/mol. The Labute approximate surface area is 148 Å². The molecule has 0 aromatic heterocycles. The summed E-state index contributed by atoms with van der Waals surface area (Å²) in [6.45, 7) is 2.75. The maximum absolute atomic E-state index is 12.2. The third kappa shape index (κ3) is 5.35. The molecule has 0 fully saturated rings. The van der Waals surface area contributed by atoms with Crippen LogP contribution in [0.5, 0.6) is 5.75 Å². The molecule has 0 saturated carbocycles. The maximum Gasteiger partial charge on any atom is 0.224 e. The van der Waals surface area contributed by atoms with E-state index in [9.17, 15) is 9.59 Å². The second kappa shape index (κ2) is 8.87. The summed E-state index contributed by atoms with van der Waals surface area (Å²) < 4.78 is 5.28. The molecular weight excluding hydrogens is 316 g/mol. The van der Waals surface area contributed by atoms with Gasteiger partial charge in [0.05, 0.1) is 13.5 Å². The number of hydrogen-bond donors (Lipinski definition) is 1. The smallest absolute Gasteiger partial charge is 0.224 e. The van der Waals surface area contributed by atoms with E-state index in [0.29, 0.717) is 30.0 Å². The highest BCUT2D eigenvalue weighted by molar-refractivity contribution is 5.94. The fourth-order valence-corrected chi connectivity index (χ4v) is 2.55. The highest BCUT2D eigenvalue weighted by Crippen LogP contribution is 2.20. The Bertz CT molecular complexity index is 729. The Balaban J connectivity index is 1.90. The van der Waals surface area contributed by atoms with Crippen LogP contribution in [0.15, 0.2) is 48.5 Å². The number of benzene rings is 2. The Morgan fingerprint density at radius 1 is 1.12 bits per heavy atom. The number of anilines is 1. The lowest BCUT2D eigenvalue weighted by molar-refractivity contribution is -0.120. The highest BCUT2D eigenvalue weighted by Gasteiger charge is 2.11. The van der Waals surface area contributed by atoms with Gasteiger partial charge in [-0.3, -0.25) is 9.59 Å². The van der Waals surface area contributed by atoms with Gasteiger partial charge in [-0.1, -0.05) is 18.2 Å². The summed E-state index contributed by atoms with van der Waals surface area (Å²) in [5.41, 5.74) is 2.39. The number of carbonyl (C=O) groups is 2. The molecule has 0 aliphatic heterocycles. The minimum atomic E-state index is -0.0968. The molecule has 0 atom stereocenters. The minimum Gasteiger partial charge on any atom is -0.496 e. The van der Waals surface area contributed by atoms with Crippen molar-refractivity contribution >= 4 is 17.4 Å². The SMILES string of the molecule is COc1ccc(C(C)=O)cc1CC(=O)NCCN(C)c1ccccc1. The summed E-state index contributed by atoms with van der Waals surface area (Å²) in [7, 11) is 3.54. The van der Waals surface area contributed by atoms with Crippen LogP contribution in [0.4, 0.5) is 5.69 Å². The van der Waals surface area contributed by atoms with Crippen LogP contribution in [0.1, 0.15) is 22.8 Å². The first-order valence-corrected chi connectivity index (χ1v) is 8.22. The zero-order valence-electron chi connectivity index (χ0n) is 14.9. The first kappa shape index (κ1) is 18.5. The van der Waals surface area contributed by atoms with Crippen LogP contribution in [0.25, 0.3) is 0 Å². The van der Waals surface area contributed by atoms with E-state index in [0.717, 1.165) is 5.69 Å². The first-order valence-electron chi connectivity index (χ1n) is 8.22. The molecule has 0 bridgehead atoms. The van der Waals surface area contributed by atoms with Gasteiger partial charge in [0, 0.05) is 37.0 Å². The molecular formula is C20H24N2O3. The second-order valence-electron chi connectivity index (χ2n) is 5.87. The molecule has 1 N–H and O–H groups in total. The molecule has 0 saturated heterocycles. The number of likely N-dealkylation sites (N-methyl/N-ethyl adjacent to an activating group) is 1. The van der Waals surface area contributed by atoms with E-state index < -0.39 is 0 Å². The maximum atomic E-state index is 12.2. The molecule has 2 rings (SSSR count). The van der Waals surface area contributed by atoms with E-state index >= 15 is 0 Å². The number of methoxy groups -OCH3 is 1. The summed E-state index contributed by atoms with van der Waals surface area (Å²) >= 11 is 0. The second-order valence-corrected chi connectivity index (χ2v) is 5.87. The van der Waals surface area contributed by atoms with E-state index in [4.69, 9.17) is 4.74 Å². The molecule has 5 heteroatoms. The molecule has 0 aliphatic carbocycles. The van der Waals surface area contributed by atoms with Crippen molar-refractivity contribution in [2.45, 2.75) is 13.3 Å². The predicted octanol–water partition coefficient (Wildman–Crippen LogP) is 2.69. The number of para-hydroxylation sites is 1. The highest BCUT2D eigenvalue weighted by atomic mass is 16.5. The van der Waals surface area contributed by atoms with Crippen LogP contribution in [0, 0.1) is 0 Å². The summed E-state index contributed by atoms with van der Waals surface area (Å²) in [5, 5.41) is 2.91. The number of Topliss-reactive ketones (excluding diaryl/α,β-unsaturated/α-hetero) is 1. The van der Waals surface area contributed by atoms with Gasteiger partial charge in [0.2, 0.25) is 5.91 Å². The monoisotopic (exact) mass is 340 g/mol. The molecule has 132 valence electrons. The lowest BCUT2D eigenvalue weighted by atomic mass is 10.0. The number of nitrogens with one attached hydrogen (secondary N) is 1. The van der Waals surface area contributed by atoms with E-state index in [1.807, 2.05) is 37.4 Å². The summed E-state index contributed by atoms with van der Waals surface area (Å²) in [6.07, 6.45) is 0.180. The van der Waals surface area contributed by atoms with E-state index in [2.05, 4.69) is 10.2 Å². The van der Waals surface area contributed by atoms with E-state index in [-0.39, 0.29) is 18.1 Å². The average Bonchev–Trinajstić information content (AvgIpc) is 2.62.